The molecule has 4 aromatic rings. The summed E-state index contributed by atoms with van der Waals surface area (Å²) in [6.45, 7) is 3.71. The van der Waals surface area contributed by atoms with Gasteiger partial charge in [-0.05, 0) is 80.3 Å². The first-order valence-electron chi connectivity index (χ1n) is 15.0. The highest BCUT2D eigenvalue weighted by molar-refractivity contribution is 7.80. The average molecular weight is 633 g/mol. The molecule has 0 unspecified atom stereocenters. The van der Waals surface area contributed by atoms with Gasteiger partial charge in [0.25, 0.3) is 0 Å². The highest BCUT2D eigenvalue weighted by atomic mass is 32.1. The lowest BCUT2D eigenvalue weighted by molar-refractivity contribution is -0.119. The van der Waals surface area contributed by atoms with Gasteiger partial charge in [-0.3, -0.25) is 9.78 Å². The molecule has 0 atom stereocenters. The maximum Gasteiger partial charge on any atom is 0.230 e. The molecule has 1 amide bonds. The van der Waals surface area contributed by atoms with Gasteiger partial charge in [0.15, 0.2) is 28.2 Å². The number of rotatable bonds is 12. The number of carbonyl (C=O) groups is 1. The summed E-state index contributed by atoms with van der Waals surface area (Å²) in [5.74, 6) is 1.03. The monoisotopic (exact) mass is 632 g/mol. The first kappa shape index (κ1) is 32.1. The van der Waals surface area contributed by atoms with Crippen molar-refractivity contribution in [1.82, 2.24) is 15.2 Å². The lowest BCUT2D eigenvalue weighted by atomic mass is 9.98. The summed E-state index contributed by atoms with van der Waals surface area (Å²) in [5.41, 5.74) is 1.84. The molecule has 1 aliphatic heterocycles. The molecule has 1 aromatic heterocycles. The minimum atomic E-state index is -0.615. The van der Waals surface area contributed by atoms with Gasteiger partial charge in [0, 0.05) is 42.6 Å². The molecule has 0 spiro atoms. The number of amides is 1. The molecule has 0 bridgehead atoms. The van der Waals surface area contributed by atoms with Crippen LogP contribution in [0.1, 0.15) is 24.8 Å². The summed E-state index contributed by atoms with van der Waals surface area (Å²) < 4.78 is 32.8. The van der Waals surface area contributed by atoms with E-state index >= 15 is 4.39 Å². The summed E-state index contributed by atoms with van der Waals surface area (Å²) in [4.78, 5) is 19.2. The van der Waals surface area contributed by atoms with Crippen molar-refractivity contribution in [2.24, 2.45) is 5.92 Å². The van der Waals surface area contributed by atoms with E-state index in [9.17, 15) is 9.90 Å². The molecule has 3 N–H and O–H groups in total. The van der Waals surface area contributed by atoms with Crippen LogP contribution < -0.4 is 24.8 Å². The van der Waals surface area contributed by atoms with Crippen LogP contribution in [-0.2, 0) is 11.2 Å². The fourth-order valence-corrected chi connectivity index (χ4v) is 5.48. The number of anilines is 1. The Hall–Kier alpha value is -4.32. The van der Waals surface area contributed by atoms with Gasteiger partial charge < -0.3 is 34.9 Å². The van der Waals surface area contributed by atoms with E-state index in [2.05, 4.69) is 20.5 Å². The van der Waals surface area contributed by atoms with Crippen LogP contribution in [-0.4, -0.2) is 66.0 Å². The Morgan fingerprint density at radius 3 is 2.58 bits per heavy atom. The molecule has 9 nitrogen and oxygen atoms in total. The quantitative estimate of drug-likeness (QED) is 0.134. The van der Waals surface area contributed by atoms with E-state index in [0.717, 1.165) is 44.5 Å². The third-order valence-electron chi connectivity index (χ3n) is 7.70. The van der Waals surface area contributed by atoms with Crippen molar-refractivity contribution in [3.05, 3.63) is 84.3 Å². The minimum absolute atomic E-state index is 0.00870. The summed E-state index contributed by atoms with van der Waals surface area (Å²) >= 11 is 5.23. The number of hydrogen-bond acceptors (Lipinski definition) is 8. The summed E-state index contributed by atoms with van der Waals surface area (Å²) in [7, 11) is 1.57. The zero-order valence-electron chi connectivity index (χ0n) is 25.1. The number of aliphatic hydroxyl groups excluding tert-OH is 1. The van der Waals surface area contributed by atoms with Crippen LogP contribution in [0, 0.1) is 11.7 Å². The second kappa shape index (κ2) is 15.6. The molecule has 3 aromatic carbocycles. The van der Waals surface area contributed by atoms with E-state index in [4.69, 9.17) is 26.4 Å². The SMILES string of the molecule is COc1cc2c(Oc3ccc(NC(=S)NC(=O)Cc4ccccc4)cc3F)ccnc2cc1OCCCN1CCC(CO)CC1. The van der Waals surface area contributed by atoms with Crippen molar-refractivity contribution in [2.45, 2.75) is 25.7 Å². The van der Waals surface area contributed by atoms with E-state index in [1.807, 2.05) is 30.3 Å². The van der Waals surface area contributed by atoms with Gasteiger partial charge in [0.1, 0.15) is 5.75 Å². The lowest BCUT2D eigenvalue weighted by Gasteiger charge is -2.30. The zero-order chi connectivity index (χ0) is 31.6. The first-order valence-corrected chi connectivity index (χ1v) is 15.4. The Morgan fingerprint density at radius 1 is 1.04 bits per heavy atom. The molecular weight excluding hydrogens is 595 g/mol. The number of carbonyl (C=O) groups excluding carboxylic acids is 1. The number of hydrogen-bond donors (Lipinski definition) is 3. The second-order valence-corrected chi connectivity index (χ2v) is 11.3. The number of halogens is 1. The molecule has 1 aliphatic rings. The third kappa shape index (κ3) is 8.87. The first-order chi connectivity index (χ1) is 21.9. The topological polar surface area (TPSA) is 105 Å². The number of benzene rings is 3. The molecule has 0 aliphatic carbocycles. The molecule has 0 saturated carbocycles. The Bertz CT molecular complexity index is 1620. The van der Waals surface area contributed by atoms with Crippen molar-refractivity contribution < 1.29 is 28.5 Å². The lowest BCUT2D eigenvalue weighted by Crippen LogP contribution is -2.35. The van der Waals surface area contributed by atoms with Gasteiger partial charge in [-0.25, -0.2) is 4.39 Å². The molecule has 236 valence electrons. The minimum Gasteiger partial charge on any atom is -0.493 e. The van der Waals surface area contributed by atoms with Gasteiger partial charge in [0.2, 0.25) is 5.91 Å². The summed E-state index contributed by atoms with van der Waals surface area (Å²) in [5, 5.41) is 15.5. The van der Waals surface area contributed by atoms with Crippen LogP contribution in [0.5, 0.6) is 23.0 Å². The van der Waals surface area contributed by atoms with E-state index < -0.39 is 5.82 Å². The average Bonchev–Trinajstić information content (AvgIpc) is 3.04. The van der Waals surface area contributed by atoms with Gasteiger partial charge in [-0.2, -0.15) is 0 Å². The van der Waals surface area contributed by atoms with E-state index in [1.54, 1.807) is 37.6 Å². The number of aromatic nitrogens is 1. The number of nitrogens with zero attached hydrogens (tertiary/aromatic N) is 2. The number of piperidine rings is 1. The molecule has 1 fully saturated rings. The molecule has 0 radical (unpaired) electrons. The Labute approximate surface area is 267 Å². The predicted octanol–water partition coefficient (Wildman–Crippen LogP) is 5.70. The number of likely N-dealkylation sites (tertiary alicyclic amines) is 1. The maximum atomic E-state index is 15.1. The van der Waals surface area contributed by atoms with Crippen molar-refractivity contribution in [2.75, 3.05) is 45.3 Å². The van der Waals surface area contributed by atoms with Crippen LogP contribution in [0.15, 0.2) is 72.9 Å². The number of pyridine rings is 1. The molecule has 1 saturated heterocycles. The molecule has 11 heteroatoms. The van der Waals surface area contributed by atoms with Gasteiger partial charge in [0.05, 0.1) is 25.7 Å². The Morgan fingerprint density at radius 2 is 1.84 bits per heavy atom. The number of thiocarbonyl (C=S) groups is 1. The van der Waals surface area contributed by atoms with Crippen LogP contribution in [0.4, 0.5) is 10.1 Å². The molecule has 45 heavy (non-hydrogen) atoms. The van der Waals surface area contributed by atoms with Crippen molar-refractivity contribution in [3.8, 4) is 23.0 Å². The fraction of sp³-hybridized carbons (Fsp3) is 0.324. The number of methoxy groups -OCH3 is 1. The number of nitrogens with one attached hydrogen (secondary N) is 2. The Kier molecular flexibility index (Phi) is 11.1. The van der Waals surface area contributed by atoms with Crippen LogP contribution in [0.3, 0.4) is 0 Å². The number of aliphatic hydroxyl groups is 1. The fourth-order valence-electron chi connectivity index (χ4n) is 5.25. The molecular formula is C34H37FN4O5S. The maximum absolute atomic E-state index is 15.1. The van der Waals surface area contributed by atoms with E-state index in [0.29, 0.717) is 46.4 Å². The smallest absolute Gasteiger partial charge is 0.230 e. The van der Waals surface area contributed by atoms with Gasteiger partial charge >= 0.3 is 0 Å². The highest BCUT2D eigenvalue weighted by Crippen LogP contribution is 2.38. The normalized spacial score (nSPS) is 13.8. The zero-order valence-corrected chi connectivity index (χ0v) is 25.9. The van der Waals surface area contributed by atoms with Gasteiger partial charge in [-0.15, -0.1) is 0 Å². The Balaban J connectivity index is 1.18. The predicted molar refractivity (Wildman–Crippen MR) is 176 cm³/mol. The standard InChI is InChI=1S/C34H37FN4O5S/c1-42-31-20-26-28(21-32(31)43-17-5-14-39-15-11-24(22-40)12-16-39)36-13-10-29(26)44-30-9-8-25(19-27(30)35)37-34(45)38-33(41)18-23-6-3-2-4-7-23/h2-4,6-10,13,19-21,24,40H,5,11-12,14-18,22H2,1H3,(H2,37,38,41,45). The van der Waals surface area contributed by atoms with E-state index in [-0.39, 0.29) is 29.8 Å². The largest absolute Gasteiger partial charge is 0.493 e. The molecule has 2 heterocycles. The van der Waals surface area contributed by atoms with E-state index in [1.165, 1.54) is 12.1 Å². The summed E-state index contributed by atoms with van der Waals surface area (Å²) in [6.07, 6.45) is 4.68. The van der Waals surface area contributed by atoms with Gasteiger partial charge in [-0.1, -0.05) is 30.3 Å². The summed E-state index contributed by atoms with van der Waals surface area (Å²) in [6, 6.07) is 18.9. The van der Waals surface area contributed by atoms with Crippen LogP contribution in [0.25, 0.3) is 10.9 Å². The van der Waals surface area contributed by atoms with Crippen molar-refractivity contribution in [3.63, 3.8) is 0 Å². The van der Waals surface area contributed by atoms with Crippen molar-refractivity contribution in [1.29, 1.82) is 0 Å². The van der Waals surface area contributed by atoms with Crippen LogP contribution >= 0.6 is 12.2 Å². The molecule has 5 rings (SSSR count). The van der Waals surface area contributed by atoms with Crippen LogP contribution in [0.2, 0.25) is 0 Å². The third-order valence-corrected chi connectivity index (χ3v) is 7.90. The number of fused-ring (bicyclic) bond motifs is 1. The number of ether oxygens (including phenoxy) is 3. The van der Waals surface area contributed by atoms with Crippen molar-refractivity contribution >= 4 is 39.8 Å². The second-order valence-electron chi connectivity index (χ2n) is 10.9. The highest BCUT2D eigenvalue weighted by Gasteiger charge is 2.18.